The summed E-state index contributed by atoms with van der Waals surface area (Å²) >= 11 is 0. The molecule has 1 aromatic carbocycles. The van der Waals surface area contributed by atoms with Crippen LogP contribution in [0.15, 0.2) is 12.1 Å². The number of hydrogen-bond donors (Lipinski definition) is 1. The van der Waals surface area contributed by atoms with Crippen LogP contribution in [0.25, 0.3) is 0 Å². The highest BCUT2D eigenvalue weighted by atomic mass is 15.2. The maximum atomic E-state index is 3.54. The molecule has 0 spiro atoms. The molecule has 1 atom stereocenters. The lowest BCUT2D eigenvalue weighted by molar-refractivity contribution is 0.250. The quantitative estimate of drug-likeness (QED) is 0.919. The minimum Gasteiger partial charge on any atom is -0.312 e. The van der Waals surface area contributed by atoms with Crippen LogP contribution in [0, 0.1) is 20.8 Å². The normalized spacial score (nSPS) is 19.5. The average Bonchev–Trinajstić information content (AvgIpc) is 2.61. The van der Waals surface area contributed by atoms with Gasteiger partial charge >= 0.3 is 0 Å². The van der Waals surface area contributed by atoms with Gasteiger partial charge in [0.2, 0.25) is 0 Å². The lowest BCUT2D eigenvalue weighted by Crippen LogP contribution is -2.36. The third kappa shape index (κ3) is 4.29. The molecule has 0 aromatic heterocycles. The van der Waals surface area contributed by atoms with Crippen LogP contribution < -0.4 is 5.32 Å². The largest absolute Gasteiger partial charge is 0.312 e. The first-order valence-corrected chi connectivity index (χ1v) is 8.17. The predicted molar refractivity (Wildman–Crippen MR) is 91.0 cm³/mol. The molecule has 1 fully saturated rings. The van der Waals surface area contributed by atoms with Gasteiger partial charge in [0.25, 0.3) is 0 Å². The third-order valence-electron chi connectivity index (χ3n) is 4.69. The van der Waals surface area contributed by atoms with Crippen LogP contribution in [0.4, 0.5) is 0 Å². The Hall–Kier alpha value is -0.900. The molecule has 1 aromatic rings. The Kier molecular flexibility index (Phi) is 5.80. The van der Waals surface area contributed by atoms with Crippen molar-refractivity contribution in [3.8, 4) is 0 Å². The highest BCUT2D eigenvalue weighted by Crippen LogP contribution is 2.24. The zero-order valence-corrected chi connectivity index (χ0v) is 14.4. The highest BCUT2D eigenvalue weighted by molar-refractivity contribution is 5.39. The van der Waals surface area contributed by atoms with E-state index in [1.807, 2.05) is 0 Å². The van der Waals surface area contributed by atoms with Crippen LogP contribution in [0.5, 0.6) is 0 Å². The van der Waals surface area contributed by atoms with Crippen molar-refractivity contribution in [1.29, 1.82) is 0 Å². The van der Waals surface area contributed by atoms with E-state index in [1.165, 1.54) is 54.9 Å². The van der Waals surface area contributed by atoms with Crippen molar-refractivity contribution in [1.82, 2.24) is 15.1 Å². The first-order valence-electron chi connectivity index (χ1n) is 8.17. The fourth-order valence-electron chi connectivity index (χ4n) is 3.61. The van der Waals surface area contributed by atoms with Gasteiger partial charge < -0.3 is 15.1 Å². The highest BCUT2D eigenvalue weighted by Gasteiger charge is 2.20. The Labute approximate surface area is 130 Å². The Bertz CT molecular complexity index is 447. The second kappa shape index (κ2) is 7.39. The summed E-state index contributed by atoms with van der Waals surface area (Å²) in [4.78, 5) is 5.06. The summed E-state index contributed by atoms with van der Waals surface area (Å²) in [6.45, 7) is 12.6. The van der Waals surface area contributed by atoms with E-state index in [0.29, 0.717) is 6.04 Å². The van der Waals surface area contributed by atoms with Crippen molar-refractivity contribution in [2.75, 3.05) is 46.8 Å². The van der Waals surface area contributed by atoms with Gasteiger partial charge in [-0.25, -0.2) is 0 Å². The number of rotatable bonds is 4. The second-order valence-electron chi connectivity index (χ2n) is 6.61. The van der Waals surface area contributed by atoms with Crippen molar-refractivity contribution < 1.29 is 0 Å². The van der Waals surface area contributed by atoms with Crippen molar-refractivity contribution >= 4 is 0 Å². The van der Waals surface area contributed by atoms with E-state index in [-0.39, 0.29) is 0 Å². The zero-order chi connectivity index (χ0) is 15.4. The van der Waals surface area contributed by atoms with E-state index >= 15 is 0 Å². The number of aryl methyl sites for hydroxylation is 3. The zero-order valence-electron chi connectivity index (χ0n) is 14.4. The van der Waals surface area contributed by atoms with Crippen molar-refractivity contribution in [2.45, 2.75) is 33.2 Å². The SMILES string of the molecule is CNC(CN1CCCN(C)CC1)c1c(C)cc(C)cc1C. The smallest absolute Gasteiger partial charge is 0.0452 e. The molecule has 2 rings (SSSR count). The lowest BCUT2D eigenvalue weighted by Gasteiger charge is -2.28. The molecule has 0 aliphatic carbocycles. The van der Waals surface area contributed by atoms with Crippen molar-refractivity contribution in [3.63, 3.8) is 0 Å². The van der Waals surface area contributed by atoms with Gasteiger partial charge in [-0.3, -0.25) is 0 Å². The molecule has 0 saturated carbocycles. The Morgan fingerprint density at radius 2 is 1.71 bits per heavy atom. The molecular formula is C18H31N3. The van der Waals surface area contributed by atoms with Gasteiger partial charge in [0.05, 0.1) is 0 Å². The topological polar surface area (TPSA) is 18.5 Å². The minimum atomic E-state index is 0.425. The molecule has 21 heavy (non-hydrogen) atoms. The van der Waals surface area contributed by atoms with Gasteiger partial charge in [-0.2, -0.15) is 0 Å². The summed E-state index contributed by atoms with van der Waals surface area (Å²) in [7, 11) is 4.32. The van der Waals surface area contributed by atoms with Crippen LogP contribution in [0.2, 0.25) is 0 Å². The maximum absolute atomic E-state index is 3.54. The Morgan fingerprint density at radius 3 is 2.33 bits per heavy atom. The van der Waals surface area contributed by atoms with Gasteiger partial charge in [-0.1, -0.05) is 17.7 Å². The number of nitrogens with zero attached hydrogens (tertiary/aromatic N) is 2. The van der Waals surface area contributed by atoms with Crippen molar-refractivity contribution in [3.05, 3.63) is 34.4 Å². The molecule has 3 heteroatoms. The summed E-state index contributed by atoms with van der Waals surface area (Å²) in [6, 6.07) is 5.04. The van der Waals surface area contributed by atoms with Crippen LogP contribution in [-0.2, 0) is 0 Å². The molecule has 1 N–H and O–H groups in total. The summed E-state index contributed by atoms with van der Waals surface area (Å²) in [5.74, 6) is 0. The molecule has 1 aliphatic heterocycles. The van der Waals surface area contributed by atoms with E-state index in [1.54, 1.807) is 0 Å². The van der Waals surface area contributed by atoms with E-state index in [9.17, 15) is 0 Å². The predicted octanol–water partition coefficient (Wildman–Crippen LogP) is 2.51. The second-order valence-corrected chi connectivity index (χ2v) is 6.61. The lowest BCUT2D eigenvalue weighted by atomic mass is 9.93. The van der Waals surface area contributed by atoms with Crippen LogP contribution >= 0.6 is 0 Å². The fourth-order valence-corrected chi connectivity index (χ4v) is 3.61. The first-order chi connectivity index (χ1) is 10.0. The van der Waals surface area contributed by atoms with E-state index in [4.69, 9.17) is 0 Å². The summed E-state index contributed by atoms with van der Waals surface area (Å²) in [5, 5.41) is 3.54. The number of hydrogen-bond acceptors (Lipinski definition) is 3. The summed E-state index contributed by atoms with van der Waals surface area (Å²) < 4.78 is 0. The first kappa shape index (κ1) is 16.5. The Balaban J connectivity index is 2.13. The molecule has 0 radical (unpaired) electrons. The van der Waals surface area contributed by atoms with Gasteiger partial charge in [-0.15, -0.1) is 0 Å². The summed E-state index contributed by atoms with van der Waals surface area (Å²) in [5.41, 5.74) is 5.68. The third-order valence-corrected chi connectivity index (χ3v) is 4.69. The standard InChI is InChI=1S/C18H31N3/c1-14-11-15(2)18(16(3)12-14)17(19-4)13-21-8-6-7-20(5)9-10-21/h11-12,17,19H,6-10,13H2,1-5H3. The fraction of sp³-hybridized carbons (Fsp3) is 0.667. The molecule has 118 valence electrons. The van der Waals surface area contributed by atoms with E-state index < -0.39 is 0 Å². The average molecular weight is 289 g/mol. The molecule has 3 nitrogen and oxygen atoms in total. The molecule has 0 amide bonds. The van der Waals surface area contributed by atoms with Gasteiger partial charge in [0.15, 0.2) is 0 Å². The monoisotopic (exact) mass is 289 g/mol. The van der Waals surface area contributed by atoms with Crippen LogP contribution in [0.1, 0.15) is 34.7 Å². The maximum Gasteiger partial charge on any atom is 0.0452 e. The molecule has 1 heterocycles. The summed E-state index contributed by atoms with van der Waals surface area (Å²) in [6.07, 6.45) is 1.28. The van der Waals surface area contributed by atoms with E-state index in [2.05, 4.69) is 62.1 Å². The Morgan fingerprint density at radius 1 is 1.05 bits per heavy atom. The number of nitrogens with one attached hydrogen (secondary N) is 1. The van der Waals surface area contributed by atoms with Crippen molar-refractivity contribution in [2.24, 2.45) is 0 Å². The number of benzene rings is 1. The molecular weight excluding hydrogens is 258 g/mol. The van der Waals surface area contributed by atoms with Crippen LogP contribution in [-0.4, -0.2) is 56.6 Å². The van der Waals surface area contributed by atoms with Gasteiger partial charge in [0, 0.05) is 25.7 Å². The molecule has 1 aliphatic rings. The molecule has 1 unspecified atom stereocenters. The number of likely N-dealkylation sites (N-methyl/N-ethyl adjacent to an activating group) is 2. The minimum absolute atomic E-state index is 0.425. The van der Waals surface area contributed by atoms with Gasteiger partial charge in [-0.05, 0) is 71.1 Å². The molecule has 1 saturated heterocycles. The van der Waals surface area contributed by atoms with E-state index in [0.717, 1.165) is 6.54 Å². The van der Waals surface area contributed by atoms with Crippen LogP contribution in [0.3, 0.4) is 0 Å². The van der Waals surface area contributed by atoms with Gasteiger partial charge in [0.1, 0.15) is 0 Å². The molecule has 0 bridgehead atoms.